The van der Waals surface area contributed by atoms with Crippen LogP contribution in [0.3, 0.4) is 0 Å². The van der Waals surface area contributed by atoms with Crippen LogP contribution in [-0.2, 0) is 10.0 Å². The summed E-state index contributed by atoms with van der Waals surface area (Å²) >= 11 is 5.68. The summed E-state index contributed by atoms with van der Waals surface area (Å²) < 4.78 is 40.7. The summed E-state index contributed by atoms with van der Waals surface area (Å²) in [5.74, 6) is -0.796. The molecule has 1 aliphatic heterocycles. The van der Waals surface area contributed by atoms with E-state index in [-0.39, 0.29) is 21.5 Å². The Bertz CT molecular complexity index is 1210. The van der Waals surface area contributed by atoms with E-state index >= 15 is 0 Å². The molecule has 0 atom stereocenters. The Balaban J connectivity index is 1.39. The fourth-order valence-corrected chi connectivity index (χ4v) is 4.86. The lowest BCUT2D eigenvalue weighted by atomic mass is 10.1. The summed E-state index contributed by atoms with van der Waals surface area (Å²) in [6, 6.07) is 19.5. The van der Waals surface area contributed by atoms with Crippen LogP contribution in [0.25, 0.3) is 0 Å². The summed E-state index contributed by atoms with van der Waals surface area (Å²) in [6.07, 6.45) is 0. The average molecular weight is 474 g/mol. The number of anilines is 2. The van der Waals surface area contributed by atoms with E-state index in [1.807, 2.05) is 18.2 Å². The second kappa shape index (κ2) is 9.18. The summed E-state index contributed by atoms with van der Waals surface area (Å²) in [5, 5.41) is -0.277. The van der Waals surface area contributed by atoms with Crippen LogP contribution >= 0.6 is 11.6 Å². The van der Waals surface area contributed by atoms with Crippen molar-refractivity contribution in [2.24, 2.45) is 0 Å². The van der Waals surface area contributed by atoms with Crippen molar-refractivity contribution >= 4 is 38.9 Å². The van der Waals surface area contributed by atoms with Crippen molar-refractivity contribution in [3.63, 3.8) is 0 Å². The fourth-order valence-electron chi connectivity index (χ4n) is 3.53. The number of hydrogen-bond acceptors (Lipinski definition) is 4. The molecule has 0 unspecified atom stereocenters. The van der Waals surface area contributed by atoms with Gasteiger partial charge >= 0.3 is 0 Å². The van der Waals surface area contributed by atoms with Crippen LogP contribution in [0.1, 0.15) is 10.4 Å². The van der Waals surface area contributed by atoms with Crippen LogP contribution < -0.4 is 9.62 Å². The second-order valence-electron chi connectivity index (χ2n) is 7.37. The number of rotatable bonds is 5. The van der Waals surface area contributed by atoms with E-state index in [2.05, 4.69) is 21.8 Å². The highest BCUT2D eigenvalue weighted by atomic mass is 35.5. The summed E-state index contributed by atoms with van der Waals surface area (Å²) in [4.78, 5) is 16.7. The Labute approximate surface area is 191 Å². The molecular formula is C23H21ClFN3O3S. The number of sulfonamides is 1. The first-order valence-electron chi connectivity index (χ1n) is 10.0. The van der Waals surface area contributed by atoms with E-state index in [9.17, 15) is 17.6 Å². The van der Waals surface area contributed by atoms with E-state index in [4.69, 9.17) is 11.6 Å². The van der Waals surface area contributed by atoms with Crippen molar-refractivity contribution in [2.45, 2.75) is 4.90 Å². The van der Waals surface area contributed by atoms with Gasteiger partial charge in [0, 0.05) is 43.1 Å². The molecule has 1 amide bonds. The van der Waals surface area contributed by atoms with Crippen LogP contribution in [0.15, 0.2) is 77.7 Å². The van der Waals surface area contributed by atoms with Crippen molar-refractivity contribution in [2.75, 3.05) is 35.8 Å². The molecule has 32 heavy (non-hydrogen) atoms. The molecule has 0 radical (unpaired) electrons. The first kappa shape index (κ1) is 22.1. The third kappa shape index (κ3) is 4.87. The SMILES string of the molecule is O=C(c1ccc(NS(=O)(=O)c2ccc(F)c(Cl)c2)cc1)N1CCN(c2ccccc2)CC1. The van der Waals surface area contributed by atoms with Crippen molar-refractivity contribution < 1.29 is 17.6 Å². The smallest absolute Gasteiger partial charge is 0.261 e. The molecular weight excluding hydrogens is 453 g/mol. The van der Waals surface area contributed by atoms with Gasteiger partial charge in [-0.05, 0) is 54.6 Å². The van der Waals surface area contributed by atoms with Crippen LogP contribution in [0, 0.1) is 5.82 Å². The highest BCUT2D eigenvalue weighted by Crippen LogP contribution is 2.23. The van der Waals surface area contributed by atoms with Gasteiger partial charge in [0.25, 0.3) is 15.9 Å². The maximum absolute atomic E-state index is 13.3. The van der Waals surface area contributed by atoms with Gasteiger partial charge in [0.15, 0.2) is 0 Å². The van der Waals surface area contributed by atoms with Crippen LogP contribution in [-0.4, -0.2) is 45.4 Å². The number of nitrogens with one attached hydrogen (secondary N) is 1. The molecule has 166 valence electrons. The monoisotopic (exact) mass is 473 g/mol. The van der Waals surface area contributed by atoms with Crippen molar-refractivity contribution in [1.29, 1.82) is 0 Å². The minimum absolute atomic E-state index is 0.0996. The number of amides is 1. The van der Waals surface area contributed by atoms with Crippen molar-refractivity contribution in [3.05, 3.63) is 89.2 Å². The summed E-state index contributed by atoms with van der Waals surface area (Å²) in [7, 11) is -3.94. The van der Waals surface area contributed by atoms with Gasteiger partial charge in [0.1, 0.15) is 5.82 Å². The quantitative estimate of drug-likeness (QED) is 0.601. The lowest BCUT2D eigenvalue weighted by Gasteiger charge is -2.36. The van der Waals surface area contributed by atoms with E-state index in [0.717, 1.165) is 37.0 Å². The molecule has 3 aromatic rings. The molecule has 0 aromatic heterocycles. The number of carbonyl (C=O) groups excluding carboxylic acids is 1. The minimum Gasteiger partial charge on any atom is -0.368 e. The molecule has 0 saturated carbocycles. The lowest BCUT2D eigenvalue weighted by molar-refractivity contribution is 0.0747. The van der Waals surface area contributed by atoms with Crippen molar-refractivity contribution in [1.82, 2.24) is 4.90 Å². The minimum atomic E-state index is -3.94. The van der Waals surface area contributed by atoms with E-state index in [1.54, 1.807) is 17.0 Å². The lowest BCUT2D eigenvalue weighted by Crippen LogP contribution is -2.48. The molecule has 1 N–H and O–H groups in total. The molecule has 1 heterocycles. The molecule has 3 aromatic carbocycles. The van der Waals surface area contributed by atoms with Crippen LogP contribution in [0.2, 0.25) is 5.02 Å². The molecule has 1 saturated heterocycles. The predicted octanol–water partition coefficient (Wildman–Crippen LogP) is 4.24. The molecule has 6 nitrogen and oxygen atoms in total. The van der Waals surface area contributed by atoms with E-state index in [0.29, 0.717) is 18.7 Å². The number of nitrogens with zero attached hydrogens (tertiary/aromatic N) is 2. The first-order chi connectivity index (χ1) is 15.3. The van der Waals surface area contributed by atoms with Crippen LogP contribution in [0.4, 0.5) is 15.8 Å². The van der Waals surface area contributed by atoms with Gasteiger partial charge in [-0.25, -0.2) is 12.8 Å². The zero-order valence-electron chi connectivity index (χ0n) is 17.0. The first-order valence-corrected chi connectivity index (χ1v) is 11.9. The van der Waals surface area contributed by atoms with Gasteiger partial charge in [-0.1, -0.05) is 29.8 Å². The molecule has 0 bridgehead atoms. The van der Waals surface area contributed by atoms with Crippen molar-refractivity contribution in [3.8, 4) is 0 Å². The van der Waals surface area contributed by atoms with Gasteiger partial charge in [-0.15, -0.1) is 0 Å². The van der Waals surface area contributed by atoms with Gasteiger partial charge in [0.05, 0.1) is 9.92 Å². The van der Waals surface area contributed by atoms with E-state index < -0.39 is 15.8 Å². The summed E-state index contributed by atoms with van der Waals surface area (Å²) in [5.41, 5.74) is 1.90. The summed E-state index contributed by atoms with van der Waals surface area (Å²) in [6.45, 7) is 2.70. The Hall–Kier alpha value is -3.10. The maximum Gasteiger partial charge on any atom is 0.261 e. The zero-order valence-corrected chi connectivity index (χ0v) is 18.6. The maximum atomic E-state index is 13.3. The molecule has 4 rings (SSSR count). The average Bonchev–Trinajstić information content (AvgIpc) is 2.81. The molecule has 0 aliphatic carbocycles. The molecule has 0 spiro atoms. The highest BCUT2D eigenvalue weighted by Gasteiger charge is 2.22. The Morgan fingerprint density at radius 3 is 2.19 bits per heavy atom. The number of benzene rings is 3. The normalized spacial score (nSPS) is 14.3. The van der Waals surface area contributed by atoms with Crippen LogP contribution in [0.5, 0.6) is 0 Å². The molecule has 9 heteroatoms. The Kier molecular flexibility index (Phi) is 6.34. The highest BCUT2D eigenvalue weighted by molar-refractivity contribution is 7.92. The number of para-hydroxylation sites is 1. The fraction of sp³-hybridized carbons (Fsp3) is 0.174. The number of halogens is 2. The third-order valence-electron chi connectivity index (χ3n) is 5.27. The Morgan fingerprint density at radius 1 is 0.906 bits per heavy atom. The van der Waals surface area contributed by atoms with Gasteiger partial charge in [-0.3, -0.25) is 9.52 Å². The molecule has 1 aliphatic rings. The standard InChI is InChI=1S/C23H21ClFN3O3S/c24-21-16-20(10-11-22(21)25)32(30,31)26-18-8-6-17(7-9-18)23(29)28-14-12-27(13-15-28)19-4-2-1-3-5-19/h1-11,16,26H,12-15H2. The van der Waals surface area contributed by atoms with E-state index in [1.165, 1.54) is 12.1 Å². The second-order valence-corrected chi connectivity index (χ2v) is 9.46. The predicted molar refractivity (Wildman–Crippen MR) is 123 cm³/mol. The zero-order chi connectivity index (χ0) is 22.7. The number of piperazine rings is 1. The molecule has 1 fully saturated rings. The third-order valence-corrected chi connectivity index (χ3v) is 6.94. The largest absolute Gasteiger partial charge is 0.368 e. The van der Waals surface area contributed by atoms with Gasteiger partial charge in [-0.2, -0.15) is 0 Å². The Morgan fingerprint density at radius 2 is 1.56 bits per heavy atom. The topological polar surface area (TPSA) is 69.7 Å². The number of carbonyl (C=O) groups is 1. The van der Waals surface area contributed by atoms with Gasteiger partial charge in [0.2, 0.25) is 0 Å². The van der Waals surface area contributed by atoms with Gasteiger partial charge < -0.3 is 9.80 Å². The number of hydrogen-bond donors (Lipinski definition) is 1.